The number of amides is 4. The molecule has 4 saturated heterocycles. The highest BCUT2D eigenvalue weighted by atomic mass is 35.5. The van der Waals surface area contributed by atoms with Gasteiger partial charge in [-0.3, -0.25) is 28.9 Å². The van der Waals surface area contributed by atoms with E-state index in [1.54, 1.807) is 72.8 Å². The number of nitrogens with one attached hydrogen (secondary N) is 7. The molecule has 0 radical (unpaired) electrons. The summed E-state index contributed by atoms with van der Waals surface area (Å²) in [6.45, 7) is 16.7. The second kappa shape index (κ2) is 33.7. The van der Waals surface area contributed by atoms with Crippen molar-refractivity contribution < 1.29 is 33.4 Å². The Morgan fingerprint density at radius 1 is 0.538 bits per heavy atom. The molecule has 4 aromatic heterocycles. The fraction of sp³-hybridized carbons (Fsp3) is 0.346. The molecule has 4 amide bonds. The summed E-state index contributed by atoms with van der Waals surface area (Å²) < 4.78 is 15.0. The summed E-state index contributed by atoms with van der Waals surface area (Å²) in [5.41, 5.74) is 16.0. The second-order valence-electron chi connectivity index (χ2n) is 26.9. The number of ether oxygens (including phenoxy) is 2. The number of hydrogen-bond donors (Lipinski definition) is 7. The zero-order valence-corrected chi connectivity index (χ0v) is 60.6. The number of nitrogens with zero attached hydrogens (tertiary/aromatic N) is 7. The van der Waals surface area contributed by atoms with Crippen molar-refractivity contribution in [1.29, 1.82) is 0 Å². The topological polar surface area (TPSA) is 253 Å². The minimum absolute atomic E-state index is 0.242. The Hall–Kier alpha value is -9.87. The summed E-state index contributed by atoms with van der Waals surface area (Å²) in [6.07, 6.45) is 10.7. The highest BCUT2D eigenvalue weighted by Crippen LogP contribution is 2.36. The van der Waals surface area contributed by atoms with Crippen LogP contribution >= 0.6 is 23.2 Å². The van der Waals surface area contributed by atoms with Crippen LogP contribution in [0.1, 0.15) is 151 Å². The van der Waals surface area contributed by atoms with Crippen LogP contribution in [0.25, 0.3) is 44.3 Å². The minimum Gasteiger partial charge on any atom is -0.381 e. The first-order valence-corrected chi connectivity index (χ1v) is 37.0. The van der Waals surface area contributed by atoms with Gasteiger partial charge in [-0.2, -0.15) is 10.2 Å². The number of hydrogen-bond acceptors (Lipinski definition) is 15. The number of piperazine rings is 1. The first-order valence-electron chi connectivity index (χ1n) is 36.2. The molecule has 23 heteroatoms. The van der Waals surface area contributed by atoms with Crippen molar-refractivity contribution in [2.45, 2.75) is 143 Å². The predicted molar refractivity (Wildman–Crippen MR) is 407 cm³/mol. The van der Waals surface area contributed by atoms with Crippen LogP contribution in [0.4, 0.5) is 11.4 Å². The van der Waals surface area contributed by atoms with Gasteiger partial charge in [0.2, 0.25) is 0 Å². The van der Waals surface area contributed by atoms with E-state index in [1.165, 1.54) is 12.0 Å². The molecule has 21 nitrogen and oxygen atoms in total. The summed E-state index contributed by atoms with van der Waals surface area (Å²) in [5, 5.41) is 35.5. The fourth-order valence-electron chi connectivity index (χ4n) is 14.4. The Bertz CT molecular complexity index is 4800. The molecular weight excluding hydrogens is 1350 g/mol. The fourth-order valence-corrected chi connectivity index (χ4v) is 14.9. The van der Waals surface area contributed by atoms with Crippen molar-refractivity contribution in [3.63, 3.8) is 0 Å². The summed E-state index contributed by atoms with van der Waals surface area (Å²) in [6, 6.07) is 42.4. The van der Waals surface area contributed by atoms with E-state index in [2.05, 4.69) is 97.4 Å². The van der Waals surface area contributed by atoms with E-state index >= 15 is 0 Å². The van der Waals surface area contributed by atoms with E-state index in [0.29, 0.717) is 109 Å². The zero-order chi connectivity index (χ0) is 72.2. The quantitative estimate of drug-likeness (QED) is 0.0263. The number of fused-ring (bicyclic) bond motifs is 4. The molecule has 2 bridgehead atoms. The lowest BCUT2D eigenvalue weighted by Gasteiger charge is -2.27. The van der Waals surface area contributed by atoms with Crippen LogP contribution in [0.15, 0.2) is 146 Å². The summed E-state index contributed by atoms with van der Waals surface area (Å²) in [5.74, 6) is -1.14. The molecule has 4 aliphatic rings. The van der Waals surface area contributed by atoms with Crippen LogP contribution in [0, 0.1) is 0 Å². The molecule has 10 aromatic rings. The van der Waals surface area contributed by atoms with Gasteiger partial charge in [-0.15, -0.1) is 0 Å². The molecule has 7 N–H and O–H groups in total. The largest absolute Gasteiger partial charge is 0.381 e. The van der Waals surface area contributed by atoms with Crippen molar-refractivity contribution >= 4 is 86.6 Å². The lowest BCUT2D eigenvalue weighted by molar-refractivity contribution is 0.0903. The number of halogens is 2. The van der Waals surface area contributed by atoms with E-state index in [9.17, 15) is 24.0 Å². The molecule has 2 atom stereocenters. The van der Waals surface area contributed by atoms with Crippen LogP contribution in [0.2, 0.25) is 10.0 Å². The SMILES string of the molecule is CCc1nc2c(cnn2CC)c(NC2CCOCC2)c1CNC(=O)c1cccc(C(=O)NCc2ccc(Cl)c(-c3cccc(C=O)c3)c2)c1.CCc1nc2c(cnn2CC)c(NC2CCOCC2)c1CNC(=O)c1cccc(C(=O)NCc2ccc(Cl)c(-c3cccc(CN4C[C@@H]5C[C@H]4CN5)c3)c2)c1. The van der Waals surface area contributed by atoms with Gasteiger partial charge in [0.25, 0.3) is 23.6 Å². The smallest absolute Gasteiger partial charge is 0.251 e. The van der Waals surface area contributed by atoms with Gasteiger partial charge in [-0.25, -0.2) is 19.3 Å². The van der Waals surface area contributed by atoms with Gasteiger partial charge in [-0.1, -0.05) is 97.7 Å². The van der Waals surface area contributed by atoms with E-state index in [1.807, 2.05) is 65.1 Å². The standard InChI is InChI=1S/C43H49ClN8O3.C38H39ClN6O4/c1-3-39-36(40(49-32-13-15-55-16-14-32)37-24-48-52(4-2)41(37)50-39)23-47-43(54)31-10-6-9-30(19-31)42(53)46-21-27-11-12-38(44)35(18-27)29-8-5-7-28(17-29)25-51-26-33-20-34(51)22-45-33;1-3-34-31(35(43-29-13-15-49-16-14-29)32-22-42-45(4-2)36(32)44-34)21-41-38(48)28-10-6-9-27(19-28)37(47)40-20-24-11-12-33(39)30(18-24)26-8-5-7-25(17-26)23-46/h5-12,17-19,24,32-34,45H,3-4,13-16,20-23,25-26H2,1-2H3,(H,46,53)(H,47,54)(H,49,50);5-12,17-19,22-23,29H,3-4,13-16,20-21H2,1-2H3,(H,40,47)(H,41,48)(H,43,44)/t33-,34-;/m0./s1. The van der Waals surface area contributed by atoms with E-state index < -0.39 is 0 Å². The first kappa shape index (κ1) is 72.5. The van der Waals surface area contributed by atoms with Crippen LogP contribution in [-0.4, -0.2) is 128 Å². The van der Waals surface area contributed by atoms with Crippen molar-refractivity contribution in [1.82, 2.24) is 61.0 Å². The van der Waals surface area contributed by atoms with E-state index in [4.69, 9.17) is 42.6 Å². The van der Waals surface area contributed by atoms with Crippen molar-refractivity contribution in [3.05, 3.63) is 223 Å². The Labute approximate surface area is 615 Å². The molecule has 104 heavy (non-hydrogen) atoms. The number of carbonyl (C=O) groups is 5. The normalized spacial score (nSPS) is 16.1. The highest BCUT2D eigenvalue weighted by molar-refractivity contribution is 6.33. The van der Waals surface area contributed by atoms with Gasteiger partial charge in [-0.05, 0) is 159 Å². The number of rotatable bonds is 25. The van der Waals surface area contributed by atoms with Gasteiger partial charge in [0.05, 0.1) is 34.5 Å². The molecule has 0 spiro atoms. The van der Waals surface area contributed by atoms with Gasteiger partial charge in [0.1, 0.15) is 6.29 Å². The van der Waals surface area contributed by atoms with Gasteiger partial charge in [0.15, 0.2) is 11.3 Å². The average molecular weight is 1440 g/mol. The Morgan fingerprint density at radius 3 is 1.42 bits per heavy atom. The molecule has 0 saturated carbocycles. The molecule has 538 valence electrons. The Kier molecular flexibility index (Phi) is 23.5. The van der Waals surface area contributed by atoms with Gasteiger partial charge in [0, 0.05) is 181 Å². The van der Waals surface area contributed by atoms with E-state index in [0.717, 1.165) is 141 Å². The summed E-state index contributed by atoms with van der Waals surface area (Å²) >= 11 is 13.2. The number of benzene rings is 6. The van der Waals surface area contributed by atoms with Crippen LogP contribution in [-0.2, 0) is 68.1 Å². The maximum atomic E-state index is 13.6. The molecule has 4 fully saturated rings. The molecule has 6 aromatic carbocycles. The molecular formula is C81H88Cl2N14O7. The summed E-state index contributed by atoms with van der Waals surface area (Å²) in [4.78, 5) is 77.5. The lowest BCUT2D eigenvalue weighted by Crippen LogP contribution is -2.42. The van der Waals surface area contributed by atoms with Crippen molar-refractivity contribution in [3.8, 4) is 22.3 Å². The van der Waals surface area contributed by atoms with Crippen molar-refractivity contribution in [2.75, 3.05) is 50.2 Å². The second-order valence-corrected chi connectivity index (χ2v) is 27.7. The third kappa shape index (κ3) is 16.8. The van der Waals surface area contributed by atoms with Crippen LogP contribution in [0.5, 0.6) is 0 Å². The maximum absolute atomic E-state index is 13.6. The molecule has 14 rings (SSSR count). The number of aryl methyl sites for hydroxylation is 4. The van der Waals surface area contributed by atoms with Crippen LogP contribution in [0.3, 0.4) is 0 Å². The maximum Gasteiger partial charge on any atom is 0.251 e. The average Bonchev–Trinajstić information content (AvgIpc) is 1.91. The number of carbonyl (C=O) groups excluding carboxylic acids is 5. The van der Waals surface area contributed by atoms with Gasteiger partial charge >= 0.3 is 0 Å². The monoisotopic (exact) mass is 1440 g/mol. The molecule has 0 aliphatic carbocycles. The Morgan fingerprint density at radius 2 is 0.990 bits per heavy atom. The third-order valence-corrected chi connectivity index (χ3v) is 20.7. The predicted octanol–water partition coefficient (Wildman–Crippen LogP) is 12.9. The number of pyridine rings is 2. The van der Waals surface area contributed by atoms with Crippen molar-refractivity contribution in [2.24, 2.45) is 0 Å². The molecule has 8 heterocycles. The zero-order valence-electron chi connectivity index (χ0n) is 59.1. The number of anilines is 2. The third-order valence-electron chi connectivity index (χ3n) is 20.1. The number of aldehydes is 1. The lowest BCUT2D eigenvalue weighted by atomic mass is 10.0. The van der Waals surface area contributed by atoms with E-state index in [-0.39, 0.29) is 55.3 Å². The number of likely N-dealkylation sites (tertiary alicyclic amines) is 1. The highest BCUT2D eigenvalue weighted by Gasteiger charge is 2.37. The molecule has 0 unspecified atom stereocenters. The molecule has 4 aliphatic heterocycles. The van der Waals surface area contributed by atoms with Crippen LogP contribution < -0.4 is 37.2 Å². The Balaban J connectivity index is 0.000000186. The minimum atomic E-state index is -0.312. The number of aromatic nitrogens is 6. The summed E-state index contributed by atoms with van der Waals surface area (Å²) in [7, 11) is 0. The van der Waals surface area contributed by atoms with Gasteiger partial charge < -0.3 is 46.7 Å². The first-order chi connectivity index (χ1) is 50.7.